The molecular weight excluding hydrogens is 298 g/mol. The number of carbonyl (C=O) groups is 1. The molecule has 1 atom stereocenters. The summed E-state index contributed by atoms with van der Waals surface area (Å²) in [5.74, 6) is 1.87. The van der Waals surface area contributed by atoms with Crippen LogP contribution in [0.5, 0.6) is 0 Å². The molecule has 1 aromatic carbocycles. The fourth-order valence-electron chi connectivity index (χ4n) is 2.62. The minimum absolute atomic E-state index is 0.0851. The highest BCUT2D eigenvalue weighted by Crippen LogP contribution is 2.19. The Bertz CT molecular complexity index is 657. The third kappa shape index (κ3) is 3.41. The summed E-state index contributed by atoms with van der Waals surface area (Å²) in [6.07, 6.45) is 5.34. The SMILES string of the molecule is CSCc1ccccc1NC(=O)N[C@H]1CCc2ncnn2C1. The lowest BCUT2D eigenvalue weighted by Gasteiger charge is -2.24. The molecule has 22 heavy (non-hydrogen) atoms. The number of nitrogens with zero attached hydrogens (tertiary/aromatic N) is 3. The Morgan fingerprint density at radius 2 is 2.32 bits per heavy atom. The van der Waals surface area contributed by atoms with Crippen molar-refractivity contribution in [1.82, 2.24) is 20.1 Å². The number of thioether (sulfide) groups is 1. The predicted octanol–water partition coefficient (Wildman–Crippen LogP) is 2.28. The monoisotopic (exact) mass is 317 g/mol. The summed E-state index contributed by atoms with van der Waals surface area (Å²) in [4.78, 5) is 16.4. The number of rotatable bonds is 4. The van der Waals surface area contributed by atoms with Crippen LogP contribution in [-0.4, -0.2) is 33.1 Å². The van der Waals surface area contributed by atoms with Gasteiger partial charge in [0, 0.05) is 17.9 Å². The van der Waals surface area contributed by atoms with E-state index in [1.54, 1.807) is 18.1 Å². The number of carbonyl (C=O) groups excluding carboxylic acids is 1. The first-order chi connectivity index (χ1) is 10.8. The zero-order valence-corrected chi connectivity index (χ0v) is 13.3. The molecular formula is C15H19N5OS. The van der Waals surface area contributed by atoms with Gasteiger partial charge < -0.3 is 10.6 Å². The van der Waals surface area contributed by atoms with Crippen molar-refractivity contribution in [3.05, 3.63) is 42.0 Å². The van der Waals surface area contributed by atoms with Crippen LogP contribution in [0.4, 0.5) is 10.5 Å². The van der Waals surface area contributed by atoms with Gasteiger partial charge in [-0.05, 0) is 24.3 Å². The van der Waals surface area contributed by atoms with E-state index in [0.29, 0.717) is 6.54 Å². The molecule has 2 aromatic rings. The van der Waals surface area contributed by atoms with E-state index < -0.39 is 0 Å². The Morgan fingerprint density at radius 3 is 3.18 bits per heavy atom. The number of hydrogen-bond acceptors (Lipinski definition) is 4. The summed E-state index contributed by atoms with van der Waals surface area (Å²) in [7, 11) is 0. The lowest BCUT2D eigenvalue weighted by molar-refractivity contribution is 0.243. The number of aryl methyl sites for hydroxylation is 1. The number of nitrogens with one attached hydrogen (secondary N) is 2. The van der Waals surface area contributed by atoms with Crippen LogP contribution in [0.1, 0.15) is 17.8 Å². The maximum absolute atomic E-state index is 12.2. The van der Waals surface area contributed by atoms with Crippen molar-refractivity contribution in [2.24, 2.45) is 0 Å². The smallest absolute Gasteiger partial charge is 0.319 e. The van der Waals surface area contributed by atoms with Crippen LogP contribution < -0.4 is 10.6 Å². The standard InChI is InChI=1S/C15H19N5OS/c1-22-9-11-4-2-3-5-13(11)19-15(21)18-12-6-7-14-16-10-17-20(14)8-12/h2-5,10,12H,6-9H2,1H3,(H2,18,19,21)/t12-/m0/s1. The zero-order chi connectivity index (χ0) is 15.4. The number of urea groups is 1. The second-order valence-corrected chi connectivity index (χ2v) is 6.15. The van der Waals surface area contributed by atoms with E-state index in [1.165, 1.54) is 0 Å². The third-order valence-corrected chi connectivity index (χ3v) is 4.31. The minimum atomic E-state index is -0.165. The Morgan fingerprint density at radius 1 is 1.45 bits per heavy atom. The zero-order valence-electron chi connectivity index (χ0n) is 12.5. The molecule has 2 heterocycles. The molecule has 0 radical (unpaired) electrons. The van der Waals surface area contributed by atoms with E-state index in [4.69, 9.17) is 0 Å². The molecule has 116 valence electrons. The molecule has 0 saturated heterocycles. The summed E-state index contributed by atoms with van der Waals surface area (Å²) >= 11 is 1.73. The van der Waals surface area contributed by atoms with E-state index in [0.717, 1.165) is 35.7 Å². The molecule has 1 aliphatic heterocycles. The summed E-state index contributed by atoms with van der Waals surface area (Å²) in [5, 5.41) is 10.1. The van der Waals surface area contributed by atoms with E-state index in [1.807, 2.05) is 28.9 Å². The topological polar surface area (TPSA) is 71.8 Å². The lowest BCUT2D eigenvalue weighted by Crippen LogP contribution is -2.43. The average molecular weight is 317 g/mol. The number of para-hydroxylation sites is 1. The maximum Gasteiger partial charge on any atom is 0.319 e. The van der Waals surface area contributed by atoms with E-state index >= 15 is 0 Å². The second kappa shape index (κ2) is 6.83. The average Bonchev–Trinajstić information content (AvgIpc) is 2.97. The molecule has 0 aliphatic carbocycles. The number of fused-ring (bicyclic) bond motifs is 1. The van der Waals surface area contributed by atoms with Crippen molar-refractivity contribution < 1.29 is 4.79 Å². The number of aromatic nitrogens is 3. The van der Waals surface area contributed by atoms with Crippen LogP contribution in [0, 0.1) is 0 Å². The first kappa shape index (κ1) is 14.9. The highest BCUT2D eigenvalue weighted by Gasteiger charge is 2.21. The van der Waals surface area contributed by atoms with Gasteiger partial charge in [0.15, 0.2) is 0 Å². The van der Waals surface area contributed by atoms with Crippen LogP contribution in [-0.2, 0) is 18.7 Å². The molecule has 6 nitrogen and oxygen atoms in total. The number of anilines is 1. The van der Waals surface area contributed by atoms with Gasteiger partial charge in [-0.2, -0.15) is 16.9 Å². The van der Waals surface area contributed by atoms with Crippen molar-refractivity contribution in [3.8, 4) is 0 Å². The summed E-state index contributed by atoms with van der Waals surface area (Å²) in [6, 6.07) is 7.81. The molecule has 1 aliphatic rings. The van der Waals surface area contributed by atoms with Crippen LogP contribution >= 0.6 is 11.8 Å². The van der Waals surface area contributed by atoms with Crippen molar-refractivity contribution in [1.29, 1.82) is 0 Å². The van der Waals surface area contributed by atoms with Crippen molar-refractivity contribution in [2.75, 3.05) is 11.6 Å². The largest absolute Gasteiger partial charge is 0.333 e. The molecule has 0 unspecified atom stereocenters. The molecule has 0 fully saturated rings. The molecule has 0 saturated carbocycles. The van der Waals surface area contributed by atoms with Crippen molar-refractivity contribution in [2.45, 2.75) is 31.2 Å². The normalized spacial score (nSPS) is 16.9. The van der Waals surface area contributed by atoms with Crippen LogP contribution in [0.15, 0.2) is 30.6 Å². The van der Waals surface area contributed by atoms with Gasteiger partial charge in [0.2, 0.25) is 0 Å². The Hall–Kier alpha value is -2.02. The molecule has 2 amide bonds. The van der Waals surface area contributed by atoms with Gasteiger partial charge in [-0.25, -0.2) is 14.5 Å². The van der Waals surface area contributed by atoms with E-state index in [2.05, 4.69) is 27.0 Å². The van der Waals surface area contributed by atoms with Crippen LogP contribution in [0.25, 0.3) is 0 Å². The van der Waals surface area contributed by atoms with Crippen molar-refractivity contribution >= 4 is 23.5 Å². The molecule has 2 N–H and O–H groups in total. The molecule has 7 heteroatoms. The van der Waals surface area contributed by atoms with Gasteiger partial charge in [-0.1, -0.05) is 18.2 Å². The fourth-order valence-corrected chi connectivity index (χ4v) is 3.19. The Kier molecular flexibility index (Phi) is 4.62. The first-order valence-corrected chi connectivity index (χ1v) is 8.66. The number of amides is 2. The highest BCUT2D eigenvalue weighted by molar-refractivity contribution is 7.97. The van der Waals surface area contributed by atoms with Crippen LogP contribution in [0.2, 0.25) is 0 Å². The molecule has 0 bridgehead atoms. The number of benzene rings is 1. The summed E-state index contributed by atoms with van der Waals surface area (Å²) < 4.78 is 1.86. The van der Waals surface area contributed by atoms with Crippen LogP contribution in [0.3, 0.4) is 0 Å². The molecule has 3 rings (SSSR count). The van der Waals surface area contributed by atoms with Gasteiger partial charge in [-0.15, -0.1) is 0 Å². The van der Waals surface area contributed by atoms with Gasteiger partial charge in [0.05, 0.1) is 12.6 Å². The summed E-state index contributed by atoms with van der Waals surface area (Å²) in [5.41, 5.74) is 2.00. The van der Waals surface area contributed by atoms with Gasteiger partial charge in [-0.3, -0.25) is 0 Å². The lowest BCUT2D eigenvalue weighted by atomic mass is 10.1. The molecule has 0 spiro atoms. The summed E-state index contributed by atoms with van der Waals surface area (Å²) in [6.45, 7) is 0.676. The predicted molar refractivity (Wildman–Crippen MR) is 87.9 cm³/mol. The van der Waals surface area contributed by atoms with Crippen molar-refractivity contribution in [3.63, 3.8) is 0 Å². The third-order valence-electron chi connectivity index (χ3n) is 3.71. The number of hydrogen-bond donors (Lipinski definition) is 2. The van der Waals surface area contributed by atoms with E-state index in [-0.39, 0.29) is 12.1 Å². The van der Waals surface area contributed by atoms with Gasteiger partial charge in [0.1, 0.15) is 12.2 Å². The second-order valence-electron chi connectivity index (χ2n) is 5.28. The van der Waals surface area contributed by atoms with Gasteiger partial charge in [0.25, 0.3) is 0 Å². The highest BCUT2D eigenvalue weighted by atomic mass is 32.2. The fraction of sp³-hybridized carbons (Fsp3) is 0.400. The first-order valence-electron chi connectivity index (χ1n) is 7.27. The molecule has 1 aromatic heterocycles. The quantitative estimate of drug-likeness (QED) is 0.907. The Labute approximate surface area is 133 Å². The minimum Gasteiger partial charge on any atom is -0.333 e. The van der Waals surface area contributed by atoms with Gasteiger partial charge >= 0.3 is 6.03 Å². The van der Waals surface area contributed by atoms with E-state index in [9.17, 15) is 4.79 Å². The maximum atomic E-state index is 12.2. The Balaban J connectivity index is 1.59.